The Morgan fingerprint density at radius 2 is 1.92 bits per heavy atom. The first-order chi connectivity index (χ1) is 6.09. The molecule has 2 unspecified atom stereocenters. The minimum atomic E-state index is 0.974. The van der Waals surface area contributed by atoms with Gasteiger partial charge in [-0.3, -0.25) is 0 Å². The summed E-state index contributed by atoms with van der Waals surface area (Å²) >= 11 is 0. The summed E-state index contributed by atoms with van der Waals surface area (Å²) in [5.41, 5.74) is 0. The molecule has 2 atom stereocenters. The second-order valence-electron chi connectivity index (χ2n) is 5.62. The zero-order valence-corrected chi connectivity index (χ0v) is 9.29. The Morgan fingerprint density at radius 1 is 1.38 bits per heavy atom. The van der Waals surface area contributed by atoms with Gasteiger partial charge in [-0.15, -0.1) is 0 Å². The average molecular weight is 183 g/mol. The molecule has 0 aromatic rings. The number of hydrogen-bond acceptors (Lipinski definition) is 1. The molecule has 0 N–H and O–H groups in total. The van der Waals surface area contributed by atoms with Crippen LogP contribution in [0.2, 0.25) is 0 Å². The van der Waals surface area contributed by atoms with Crippen LogP contribution in [0.1, 0.15) is 6.42 Å². The van der Waals surface area contributed by atoms with Crippen molar-refractivity contribution in [2.24, 2.45) is 11.8 Å². The fraction of sp³-hybridized carbons (Fsp3) is 1.00. The summed E-state index contributed by atoms with van der Waals surface area (Å²) < 4.78 is 1.26. The lowest BCUT2D eigenvalue weighted by molar-refractivity contribution is -0.903. The standard InChI is InChI=1S/C10H22BN2/c1-13(2)6-9-3-10(7-13)5-12(4-9)8-11/h9-10H,3-8,11H2,1-2H3/q+1/i1+2. The van der Waals surface area contributed by atoms with Crippen LogP contribution in [0, 0.1) is 11.8 Å². The van der Waals surface area contributed by atoms with E-state index in [9.17, 15) is 0 Å². The van der Waals surface area contributed by atoms with Gasteiger partial charge in [0.15, 0.2) is 0 Å². The fourth-order valence-corrected chi connectivity index (χ4v) is 3.42. The third-order valence-corrected chi connectivity index (χ3v) is 3.65. The number of quaternary nitrogens is 1. The van der Waals surface area contributed by atoms with Gasteiger partial charge in [-0.1, -0.05) is 0 Å². The second-order valence-corrected chi connectivity index (χ2v) is 5.62. The van der Waals surface area contributed by atoms with Gasteiger partial charge in [0, 0.05) is 24.9 Å². The molecule has 2 heterocycles. The largest absolute Gasteiger partial charge is 0.328 e. The zero-order valence-electron chi connectivity index (χ0n) is 9.29. The summed E-state index contributed by atoms with van der Waals surface area (Å²) in [5, 5.41) is 0. The molecule has 0 amide bonds. The van der Waals surface area contributed by atoms with E-state index >= 15 is 0 Å². The summed E-state index contributed by atoms with van der Waals surface area (Å²) in [6.45, 7) is 5.50. The van der Waals surface area contributed by atoms with Crippen LogP contribution in [0.15, 0.2) is 0 Å². The monoisotopic (exact) mass is 183 g/mol. The Labute approximate surface area is 82.9 Å². The molecule has 0 spiro atoms. The smallest absolute Gasteiger partial charge is 0.119 e. The Hall–Kier alpha value is -0.0151. The summed E-state index contributed by atoms with van der Waals surface area (Å²) in [6.07, 6.45) is 2.75. The van der Waals surface area contributed by atoms with E-state index < -0.39 is 0 Å². The van der Waals surface area contributed by atoms with E-state index in [0.29, 0.717) is 0 Å². The van der Waals surface area contributed by atoms with Crippen molar-refractivity contribution in [1.82, 2.24) is 4.90 Å². The zero-order chi connectivity index (χ0) is 9.47. The van der Waals surface area contributed by atoms with Crippen LogP contribution < -0.4 is 0 Å². The van der Waals surface area contributed by atoms with Crippen molar-refractivity contribution in [2.45, 2.75) is 6.42 Å². The van der Waals surface area contributed by atoms with Crippen LogP contribution in [-0.4, -0.2) is 63.9 Å². The molecule has 0 saturated carbocycles. The Morgan fingerprint density at radius 3 is 2.38 bits per heavy atom. The highest BCUT2D eigenvalue weighted by Crippen LogP contribution is 2.30. The molecular formula is C10H22BN2+. The van der Waals surface area contributed by atoms with Crippen LogP contribution in [-0.2, 0) is 0 Å². The molecule has 2 nitrogen and oxygen atoms in total. The fourth-order valence-electron chi connectivity index (χ4n) is 3.42. The van der Waals surface area contributed by atoms with Crippen LogP contribution in [0.5, 0.6) is 0 Å². The van der Waals surface area contributed by atoms with E-state index in [1.807, 2.05) is 0 Å². The van der Waals surface area contributed by atoms with E-state index in [2.05, 4.69) is 26.8 Å². The Kier molecular flexibility index (Phi) is 2.41. The quantitative estimate of drug-likeness (QED) is 0.395. The minimum absolute atomic E-state index is 0.974. The molecule has 2 saturated heterocycles. The van der Waals surface area contributed by atoms with E-state index in [1.165, 1.54) is 43.5 Å². The summed E-state index contributed by atoms with van der Waals surface area (Å²) in [4.78, 5) is 2.64. The molecule has 2 fully saturated rings. The Balaban J connectivity index is 2.01. The normalized spacial score (nSPS) is 46.3. The maximum Gasteiger partial charge on any atom is 0.119 e. The molecule has 3 heteroatoms. The first-order valence-corrected chi connectivity index (χ1v) is 5.63. The van der Waals surface area contributed by atoms with Gasteiger partial charge in [0.25, 0.3) is 0 Å². The number of likely N-dealkylation sites (tertiary alicyclic amines) is 2. The number of piperidine rings is 2. The van der Waals surface area contributed by atoms with Crippen molar-refractivity contribution in [3.63, 3.8) is 0 Å². The maximum absolute atomic E-state index is 2.64. The van der Waals surface area contributed by atoms with E-state index in [4.69, 9.17) is 0 Å². The third-order valence-electron chi connectivity index (χ3n) is 3.65. The summed E-state index contributed by atoms with van der Waals surface area (Å²) in [6, 6.07) is 0. The lowest BCUT2D eigenvalue weighted by atomic mass is 9.83. The molecule has 0 aromatic carbocycles. The summed E-state index contributed by atoms with van der Waals surface area (Å²) in [5.74, 6) is 1.95. The van der Waals surface area contributed by atoms with E-state index in [1.54, 1.807) is 0 Å². The highest BCUT2D eigenvalue weighted by Gasteiger charge is 2.38. The van der Waals surface area contributed by atoms with Gasteiger partial charge < -0.3 is 9.38 Å². The molecule has 2 bridgehead atoms. The van der Waals surface area contributed by atoms with Gasteiger partial charge in [0.1, 0.15) is 7.85 Å². The molecular weight excluding hydrogens is 161 g/mol. The van der Waals surface area contributed by atoms with Crippen LogP contribution in [0.25, 0.3) is 0 Å². The SMILES string of the molecule is BCN1CC2CC(C1)C[N+](C)([14CH3])C2. The molecule has 0 radical (unpaired) electrons. The lowest BCUT2D eigenvalue weighted by Gasteiger charge is -2.48. The number of hydrogen-bond donors (Lipinski definition) is 0. The lowest BCUT2D eigenvalue weighted by Crippen LogP contribution is -2.58. The first kappa shape index (κ1) is 9.54. The molecule has 0 aliphatic carbocycles. The minimum Gasteiger partial charge on any atom is -0.328 e. The van der Waals surface area contributed by atoms with Crippen molar-refractivity contribution >= 4 is 7.85 Å². The van der Waals surface area contributed by atoms with E-state index in [0.717, 1.165) is 11.8 Å². The number of fused-ring (bicyclic) bond motifs is 2. The molecule has 2 aliphatic heterocycles. The predicted molar refractivity (Wildman–Crippen MR) is 58.4 cm³/mol. The highest BCUT2D eigenvalue weighted by atomic mass is 15.6. The third kappa shape index (κ3) is 2.08. The van der Waals surface area contributed by atoms with Crippen molar-refractivity contribution in [2.75, 3.05) is 46.7 Å². The van der Waals surface area contributed by atoms with Gasteiger partial charge in [-0.25, -0.2) is 0 Å². The predicted octanol–water partition coefficient (Wildman–Crippen LogP) is -0.395. The van der Waals surface area contributed by atoms with Gasteiger partial charge >= 0.3 is 0 Å². The highest BCUT2D eigenvalue weighted by molar-refractivity contribution is 6.08. The Bertz CT molecular complexity index is 177. The van der Waals surface area contributed by atoms with Crippen LogP contribution in [0.4, 0.5) is 0 Å². The van der Waals surface area contributed by atoms with Crippen molar-refractivity contribution in [1.29, 1.82) is 0 Å². The van der Waals surface area contributed by atoms with Gasteiger partial charge in [0.05, 0.1) is 27.2 Å². The van der Waals surface area contributed by atoms with Gasteiger partial charge in [-0.2, -0.15) is 0 Å². The topological polar surface area (TPSA) is 3.24 Å². The van der Waals surface area contributed by atoms with Crippen LogP contribution >= 0.6 is 0 Å². The van der Waals surface area contributed by atoms with Crippen molar-refractivity contribution in [3.05, 3.63) is 0 Å². The van der Waals surface area contributed by atoms with E-state index in [-0.39, 0.29) is 0 Å². The number of nitrogens with zero attached hydrogens (tertiary/aromatic N) is 2. The molecule has 2 rings (SSSR count). The van der Waals surface area contributed by atoms with Gasteiger partial charge in [-0.05, 0) is 12.9 Å². The van der Waals surface area contributed by atoms with Crippen molar-refractivity contribution in [3.8, 4) is 0 Å². The molecule has 13 heavy (non-hydrogen) atoms. The van der Waals surface area contributed by atoms with Crippen LogP contribution in [0.3, 0.4) is 0 Å². The molecule has 74 valence electrons. The first-order valence-electron chi connectivity index (χ1n) is 5.63. The van der Waals surface area contributed by atoms with Gasteiger partial charge in [0.2, 0.25) is 0 Å². The molecule has 0 aromatic heterocycles. The molecule has 2 aliphatic rings. The second kappa shape index (κ2) is 3.28. The number of rotatable bonds is 1. The maximum atomic E-state index is 2.64. The summed E-state index contributed by atoms with van der Waals surface area (Å²) in [7, 11) is 7.07. The average Bonchev–Trinajstić information content (AvgIpc) is 1.99. The van der Waals surface area contributed by atoms with Crippen molar-refractivity contribution < 1.29 is 4.48 Å².